The van der Waals surface area contributed by atoms with Crippen LogP contribution >= 0.6 is 0 Å². The van der Waals surface area contributed by atoms with Gasteiger partial charge in [0.1, 0.15) is 17.1 Å². The molecule has 1 aliphatic heterocycles. The zero-order valence-electron chi connectivity index (χ0n) is 20.9. The van der Waals surface area contributed by atoms with Crippen LogP contribution in [0.25, 0.3) is 16.7 Å². The van der Waals surface area contributed by atoms with Gasteiger partial charge in [-0.05, 0) is 44.4 Å². The van der Waals surface area contributed by atoms with Gasteiger partial charge in [-0.1, -0.05) is 0 Å². The standard InChI is InChI=1S/C27H30N4O5/c1-15-20(26(33)31-13-17-7-9-27(17,14-31)34-4)12-30-24(15)21(8-10-28)36-18-5-6-19-22(11-18)35-16(2)23(19)25(32)29-3/h5-6,8,10-12,17,28,30H,7,9,13-14H2,1-4H3,(H,29,32)/b21-8+,28-10?/t17-,27-/m0/s1. The first-order valence-corrected chi connectivity index (χ1v) is 12.0. The van der Waals surface area contributed by atoms with E-state index >= 15 is 0 Å². The summed E-state index contributed by atoms with van der Waals surface area (Å²) in [6.07, 6.45) is 6.43. The van der Waals surface area contributed by atoms with Crippen LogP contribution in [-0.4, -0.2) is 60.8 Å². The largest absolute Gasteiger partial charge is 0.460 e. The Morgan fingerprint density at radius 2 is 2.14 bits per heavy atom. The number of furan rings is 1. The summed E-state index contributed by atoms with van der Waals surface area (Å²) in [5.41, 5.74) is 2.75. The molecule has 0 unspecified atom stereocenters. The van der Waals surface area contributed by atoms with Crippen LogP contribution in [0, 0.1) is 25.2 Å². The van der Waals surface area contributed by atoms with E-state index in [2.05, 4.69) is 10.3 Å². The number of amides is 2. The van der Waals surface area contributed by atoms with E-state index in [4.69, 9.17) is 19.3 Å². The van der Waals surface area contributed by atoms with Crippen LogP contribution in [0.4, 0.5) is 0 Å². The summed E-state index contributed by atoms with van der Waals surface area (Å²) in [5, 5.41) is 10.9. The number of likely N-dealkylation sites (tertiary alicyclic amines) is 1. The van der Waals surface area contributed by atoms with Crippen molar-refractivity contribution in [2.24, 2.45) is 5.92 Å². The van der Waals surface area contributed by atoms with Gasteiger partial charge in [0.2, 0.25) is 0 Å². The quantitative estimate of drug-likeness (QED) is 0.341. The lowest BCUT2D eigenvalue weighted by molar-refractivity contribution is -0.0931. The predicted molar refractivity (Wildman–Crippen MR) is 136 cm³/mol. The molecule has 0 radical (unpaired) electrons. The molecule has 2 fully saturated rings. The number of carbonyl (C=O) groups is 2. The Hall–Kier alpha value is -3.85. The molecule has 2 aromatic heterocycles. The maximum absolute atomic E-state index is 13.4. The summed E-state index contributed by atoms with van der Waals surface area (Å²) in [6, 6.07) is 5.23. The first-order valence-electron chi connectivity index (χ1n) is 12.0. The zero-order chi connectivity index (χ0) is 25.6. The lowest BCUT2D eigenvalue weighted by Gasteiger charge is -2.42. The number of aromatic amines is 1. The first-order chi connectivity index (χ1) is 17.3. The van der Waals surface area contributed by atoms with E-state index in [0.717, 1.165) is 24.6 Å². The highest BCUT2D eigenvalue weighted by Crippen LogP contribution is 2.47. The molecular formula is C27H30N4O5. The number of hydrogen-bond donors (Lipinski definition) is 3. The lowest BCUT2D eigenvalue weighted by atomic mass is 9.72. The second kappa shape index (κ2) is 8.98. The Labute approximate surface area is 208 Å². The van der Waals surface area contributed by atoms with E-state index in [-0.39, 0.29) is 17.4 Å². The van der Waals surface area contributed by atoms with Crippen molar-refractivity contribution in [3.63, 3.8) is 0 Å². The van der Waals surface area contributed by atoms with Gasteiger partial charge < -0.3 is 34.5 Å². The number of nitrogens with zero attached hydrogens (tertiary/aromatic N) is 1. The average molecular weight is 491 g/mol. The number of ether oxygens (including phenoxy) is 2. The van der Waals surface area contributed by atoms with Crippen LogP contribution in [-0.2, 0) is 4.74 Å². The fourth-order valence-electron chi connectivity index (χ4n) is 5.46. The third-order valence-electron chi connectivity index (χ3n) is 7.62. The topological polar surface area (TPSA) is 121 Å². The van der Waals surface area contributed by atoms with Crippen molar-refractivity contribution in [1.29, 1.82) is 5.41 Å². The van der Waals surface area contributed by atoms with Crippen molar-refractivity contribution in [1.82, 2.24) is 15.2 Å². The minimum Gasteiger partial charge on any atom is -0.460 e. The second-order valence-corrected chi connectivity index (χ2v) is 9.46. The fraction of sp³-hybridized carbons (Fsp3) is 0.370. The van der Waals surface area contributed by atoms with Crippen LogP contribution in [0.3, 0.4) is 0 Å². The number of aromatic nitrogens is 1. The third kappa shape index (κ3) is 3.71. The molecule has 5 rings (SSSR count). The predicted octanol–water partition coefficient (Wildman–Crippen LogP) is 4.06. The van der Waals surface area contributed by atoms with Gasteiger partial charge in [0.25, 0.3) is 11.8 Å². The molecule has 1 saturated heterocycles. The highest BCUT2D eigenvalue weighted by Gasteiger charge is 2.54. The van der Waals surface area contributed by atoms with Crippen molar-refractivity contribution < 1.29 is 23.5 Å². The fourth-order valence-corrected chi connectivity index (χ4v) is 5.46. The molecule has 2 aliphatic rings. The van der Waals surface area contributed by atoms with Crippen molar-refractivity contribution in [3.05, 3.63) is 58.6 Å². The number of benzene rings is 1. The summed E-state index contributed by atoms with van der Waals surface area (Å²) in [7, 11) is 3.31. The molecular weight excluding hydrogens is 460 g/mol. The molecule has 3 N–H and O–H groups in total. The van der Waals surface area contributed by atoms with Gasteiger partial charge in [-0.3, -0.25) is 9.59 Å². The average Bonchev–Trinajstić information content (AvgIpc) is 3.48. The highest BCUT2D eigenvalue weighted by molar-refractivity contribution is 6.07. The summed E-state index contributed by atoms with van der Waals surface area (Å²) >= 11 is 0. The van der Waals surface area contributed by atoms with Gasteiger partial charge in [0.05, 0.1) is 29.0 Å². The van der Waals surface area contributed by atoms with Gasteiger partial charge in [0.15, 0.2) is 5.76 Å². The minimum absolute atomic E-state index is 0.0377. The zero-order valence-corrected chi connectivity index (χ0v) is 20.9. The smallest absolute Gasteiger partial charge is 0.255 e. The number of H-pyrrole nitrogens is 1. The molecule has 9 heteroatoms. The Kier molecular flexibility index (Phi) is 5.96. The van der Waals surface area contributed by atoms with E-state index in [1.807, 2.05) is 11.8 Å². The molecule has 0 bridgehead atoms. The maximum atomic E-state index is 13.4. The number of methoxy groups -OCH3 is 1. The van der Waals surface area contributed by atoms with E-state index in [1.54, 1.807) is 45.5 Å². The molecule has 9 nitrogen and oxygen atoms in total. The Bertz CT molecular complexity index is 1400. The second-order valence-electron chi connectivity index (χ2n) is 9.46. The van der Waals surface area contributed by atoms with Crippen LogP contribution in [0.5, 0.6) is 5.75 Å². The molecule has 1 aromatic carbocycles. The SMILES string of the molecule is CNC(=O)c1c(C)oc2cc(O/C(=C/C=N)c3[nH]cc(C(=O)N4C[C@@H]5CC[C@]5(OC)C4)c3C)ccc12. The van der Waals surface area contributed by atoms with E-state index in [0.29, 0.717) is 64.1 Å². The van der Waals surface area contributed by atoms with Gasteiger partial charge in [-0.25, -0.2) is 0 Å². The van der Waals surface area contributed by atoms with Gasteiger partial charge in [-0.15, -0.1) is 0 Å². The number of aryl methyl sites for hydroxylation is 1. The Morgan fingerprint density at radius 1 is 1.33 bits per heavy atom. The van der Waals surface area contributed by atoms with Gasteiger partial charge >= 0.3 is 0 Å². The highest BCUT2D eigenvalue weighted by atomic mass is 16.5. The number of hydrogen-bond acceptors (Lipinski definition) is 6. The molecule has 2 amide bonds. The van der Waals surface area contributed by atoms with E-state index < -0.39 is 0 Å². The minimum atomic E-state index is -0.217. The molecule has 0 spiro atoms. The lowest BCUT2D eigenvalue weighted by Crippen LogP contribution is -2.48. The molecule has 2 atom stereocenters. The summed E-state index contributed by atoms with van der Waals surface area (Å²) in [5.74, 6) is 1.53. The molecule has 3 aromatic rings. The van der Waals surface area contributed by atoms with E-state index in [9.17, 15) is 9.59 Å². The van der Waals surface area contributed by atoms with Gasteiger partial charge in [-0.2, -0.15) is 0 Å². The molecule has 1 saturated carbocycles. The number of fused-ring (bicyclic) bond motifs is 2. The van der Waals surface area contributed by atoms with Crippen LogP contribution in [0.2, 0.25) is 0 Å². The molecule has 1 aliphatic carbocycles. The monoisotopic (exact) mass is 490 g/mol. The normalized spacial score (nSPS) is 21.3. The summed E-state index contributed by atoms with van der Waals surface area (Å²) < 4.78 is 17.7. The Morgan fingerprint density at radius 3 is 2.78 bits per heavy atom. The Balaban J connectivity index is 1.40. The van der Waals surface area contributed by atoms with Crippen LogP contribution < -0.4 is 10.1 Å². The molecule has 36 heavy (non-hydrogen) atoms. The van der Waals surface area contributed by atoms with Crippen LogP contribution in [0.1, 0.15) is 50.6 Å². The maximum Gasteiger partial charge on any atom is 0.255 e. The molecule has 3 heterocycles. The number of rotatable bonds is 7. The number of nitrogens with one attached hydrogen (secondary N) is 3. The van der Waals surface area contributed by atoms with Crippen LogP contribution in [0.15, 0.2) is 34.9 Å². The summed E-state index contributed by atoms with van der Waals surface area (Å²) in [4.78, 5) is 30.6. The summed E-state index contributed by atoms with van der Waals surface area (Å²) in [6.45, 7) is 4.92. The van der Waals surface area contributed by atoms with Crippen molar-refractivity contribution >= 4 is 34.8 Å². The third-order valence-corrected chi connectivity index (χ3v) is 7.62. The van der Waals surface area contributed by atoms with E-state index in [1.165, 1.54) is 6.08 Å². The van der Waals surface area contributed by atoms with Crippen molar-refractivity contribution in [2.75, 3.05) is 27.2 Å². The number of carbonyl (C=O) groups excluding carboxylic acids is 2. The first kappa shape index (κ1) is 23.9. The van der Waals surface area contributed by atoms with Crippen molar-refractivity contribution in [2.45, 2.75) is 32.3 Å². The molecule has 188 valence electrons. The van der Waals surface area contributed by atoms with Gasteiger partial charge in [0, 0.05) is 56.6 Å². The van der Waals surface area contributed by atoms with Crippen molar-refractivity contribution in [3.8, 4) is 5.75 Å². The number of allylic oxidation sites excluding steroid dienone is 1.